The van der Waals surface area contributed by atoms with Gasteiger partial charge in [0.1, 0.15) is 5.82 Å². The van der Waals surface area contributed by atoms with E-state index in [1.165, 1.54) is 29.4 Å². The molecule has 0 spiro atoms. The van der Waals surface area contributed by atoms with Gasteiger partial charge in [0.15, 0.2) is 4.34 Å². The molecule has 0 unspecified atom stereocenters. The molecule has 1 aromatic carbocycles. The molecule has 1 aromatic heterocycles. The lowest BCUT2D eigenvalue weighted by Crippen LogP contribution is -1.96. The van der Waals surface area contributed by atoms with Gasteiger partial charge in [-0.1, -0.05) is 29.4 Å². The predicted molar refractivity (Wildman–Crippen MR) is 72.6 cm³/mol. The van der Waals surface area contributed by atoms with Gasteiger partial charge in [-0.25, -0.2) is 9.78 Å². The Labute approximate surface area is 117 Å². The zero-order valence-electron chi connectivity index (χ0n) is 9.38. The second kappa shape index (κ2) is 5.69. The van der Waals surface area contributed by atoms with Crippen LogP contribution in [0.3, 0.4) is 0 Å². The van der Waals surface area contributed by atoms with E-state index in [-0.39, 0.29) is 5.56 Å². The monoisotopic (exact) mass is 300 g/mol. The molecule has 0 amide bonds. The maximum absolute atomic E-state index is 10.8. The van der Waals surface area contributed by atoms with Crippen molar-refractivity contribution in [2.45, 2.75) is 17.0 Å². The summed E-state index contributed by atoms with van der Waals surface area (Å²) >= 11 is 8.92. The fourth-order valence-corrected chi connectivity index (χ4v) is 3.25. The molecule has 0 aliphatic heterocycles. The third-order valence-corrected chi connectivity index (χ3v) is 4.49. The first-order valence-electron chi connectivity index (χ1n) is 5.01. The van der Waals surface area contributed by atoms with Gasteiger partial charge in [0.05, 0.1) is 5.56 Å². The van der Waals surface area contributed by atoms with Crippen LogP contribution in [0, 0.1) is 6.92 Å². The molecule has 0 aliphatic carbocycles. The molecule has 7 heteroatoms. The maximum atomic E-state index is 10.8. The van der Waals surface area contributed by atoms with Crippen molar-refractivity contribution in [1.82, 2.24) is 9.36 Å². The normalized spacial score (nSPS) is 10.6. The van der Waals surface area contributed by atoms with E-state index >= 15 is 0 Å². The van der Waals surface area contributed by atoms with E-state index in [4.69, 9.17) is 16.7 Å². The van der Waals surface area contributed by atoms with Crippen LogP contribution in [0.25, 0.3) is 0 Å². The summed E-state index contributed by atoms with van der Waals surface area (Å²) in [5.74, 6) is 0.429. The average molecular weight is 301 g/mol. The molecule has 0 radical (unpaired) electrons. The summed E-state index contributed by atoms with van der Waals surface area (Å²) in [5.41, 5.74) is 1.08. The van der Waals surface area contributed by atoms with E-state index in [9.17, 15) is 4.79 Å². The van der Waals surface area contributed by atoms with Crippen LogP contribution in [-0.4, -0.2) is 20.4 Å². The Hall–Kier alpha value is -1.11. The van der Waals surface area contributed by atoms with Crippen LogP contribution in [0.2, 0.25) is 5.02 Å². The number of aromatic nitrogens is 2. The highest BCUT2D eigenvalue weighted by atomic mass is 35.5. The molecule has 0 bridgehead atoms. The standard InChI is InChI=1S/C11H9ClN2O2S2/c1-6-13-11(18-14-6)17-5-8-3-2-7(10(15)16)4-9(8)12/h2-4H,5H2,1H3,(H,15,16). The highest BCUT2D eigenvalue weighted by molar-refractivity contribution is 8.00. The number of rotatable bonds is 4. The van der Waals surface area contributed by atoms with Gasteiger partial charge in [0.2, 0.25) is 0 Å². The van der Waals surface area contributed by atoms with Crippen LogP contribution < -0.4 is 0 Å². The molecular formula is C11H9ClN2O2S2. The Morgan fingerprint density at radius 2 is 2.33 bits per heavy atom. The van der Waals surface area contributed by atoms with Gasteiger partial charge in [-0.3, -0.25) is 0 Å². The molecule has 0 saturated carbocycles. The SMILES string of the molecule is Cc1nsc(SCc2ccc(C(=O)O)cc2Cl)n1. The molecular weight excluding hydrogens is 292 g/mol. The van der Waals surface area contributed by atoms with E-state index in [2.05, 4.69) is 9.36 Å². The molecule has 0 fully saturated rings. The van der Waals surface area contributed by atoms with Crippen LogP contribution in [0.15, 0.2) is 22.5 Å². The molecule has 1 heterocycles. The van der Waals surface area contributed by atoms with Crippen molar-refractivity contribution in [1.29, 1.82) is 0 Å². The first kappa shape index (κ1) is 13.3. The topological polar surface area (TPSA) is 63.1 Å². The first-order chi connectivity index (χ1) is 8.56. The highest BCUT2D eigenvalue weighted by Gasteiger charge is 2.08. The highest BCUT2D eigenvalue weighted by Crippen LogP contribution is 2.28. The van der Waals surface area contributed by atoms with Crippen molar-refractivity contribution >= 4 is 40.9 Å². The molecule has 2 aromatic rings. The van der Waals surface area contributed by atoms with Crippen LogP contribution in [0.1, 0.15) is 21.7 Å². The number of aryl methyl sites for hydroxylation is 1. The van der Waals surface area contributed by atoms with Crippen molar-refractivity contribution in [2.75, 3.05) is 0 Å². The zero-order valence-corrected chi connectivity index (χ0v) is 11.8. The van der Waals surface area contributed by atoms with E-state index in [0.29, 0.717) is 10.8 Å². The van der Waals surface area contributed by atoms with Crippen molar-refractivity contribution in [3.63, 3.8) is 0 Å². The molecule has 0 aliphatic rings. The minimum absolute atomic E-state index is 0.195. The van der Waals surface area contributed by atoms with Gasteiger partial charge >= 0.3 is 5.97 Å². The third kappa shape index (κ3) is 3.22. The third-order valence-electron chi connectivity index (χ3n) is 2.16. The number of hydrogen-bond acceptors (Lipinski definition) is 5. The quantitative estimate of drug-likeness (QED) is 0.876. The van der Waals surface area contributed by atoms with Crippen molar-refractivity contribution in [2.24, 2.45) is 0 Å². The summed E-state index contributed by atoms with van der Waals surface area (Å²) in [5, 5.41) is 9.29. The summed E-state index contributed by atoms with van der Waals surface area (Å²) in [7, 11) is 0. The Bertz CT molecular complexity index is 586. The van der Waals surface area contributed by atoms with Crippen molar-refractivity contribution in [3.05, 3.63) is 40.2 Å². The molecule has 2 rings (SSSR count). The van der Waals surface area contributed by atoms with Crippen molar-refractivity contribution < 1.29 is 9.90 Å². The average Bonchev–Trinajstić information content (AvgIpc) is 2.73. The van der Waals surface area contributed by atoms with Gasteiger partial charge in [-0.15, -0.1) is 0 Å². The van der Waals surface area contributed by atoms with E-state index < -0.39 is 5.97 Å². The van der Waals surface area contributed by atoms with Gasteiger partial charge < -0.3 is 5.11 Å². The molecule has 0 atom stereocenters. The van der Waals surface area contributed by atoms with Crippen LogP contribution in [-0.2, 0) is 5.75 Å². The number of carbonyl (C=O) groups is 1. The number of carboxylic acids is 1. The minimum atomic E-state index is -0.976. The number of halogens is 1. The number of carboxylic acid groups (broad SMARTS) is 1. The van der Waals surface area contributed by atoms with Crippen LogP contribution >= 0.6 is 34.9 Å². The number of benzene rings is 1. The number of thioether (sulfide) groups is 1. The minimum Gasteiger partial charge on any atom is -0.478 e. The second-order valence-corrected chi connectivity index (χ2v) is 5.89. The zero-order chi connectivity index (χ0) is 13.1. The van der Waals surface area contributed by atoms with Gasteiger partial charge in [0.25, 0.3) is 0 Å². The molecule has 4 nitrogen and oxygen atoms in total. The number of aromatic carboxylic acids is 1. The van der Waals surface area contributed by atoms with Crippen LogP contribution in [0.5, 0.6) is 0 Å². The fourth-order valence-electron chi connectivity index (χ4n) is 1.27. The second-order valence-electron chi connectivity index (χ2n) is 3.51. The summed E-state index contributed by atoms with van der Waals surface area (Å²) in [4.78, 5) is 15.0. The molecule has 0 saturated heterocycles. The summed E-state index contributed by atoms with van der Waals surface area (Å²) < 4.78 is 4.97. The molecule has 94 valence electrons. The van der Waals surface area contributed by atoms with Crippen LogP contribution in [0.4, 0.5) is 0 Å². The fraction of sp³-hybridized carbons (Fsp3) is 0.182. The Morgan fingerprint density at radius 3 is 2.89 bits per heavy atom. The number of hydrogen-bond donors (Lipinski definition) is 1. The van der Waals surface area contributed by atoms with Gasteiger partial charge in [-0.2, -0.15) is 4.37 Å². The van der Waals surface area contributed by atoms with E-state index in [1.54, 1.807) is 12.1 Å². The largest absolute Gasteiger partial charge is 0.478 e. The molecule has 18 heavy (non-hydrogen) atoms. The number of nitrogens with zero attached hydrogens (tertiary/aromatic N) is 2. The van der Waals surface area contributed by atoms with E-state index in [0.717, 1.165) is 15.7 Å². The predicted octanol–water partition coefficient (Wildman–Crippen LogP) is 3.49. The lowest BCUT2D eigenvalue weighted by atomic mass is 10.1. The Kier molecular flexibility index (Phi) is 4.21. The summed E-state index contributed by atoms with van der Waals surface area (Å²) in [6.45, 7) is 1.84. The lowest BCUT2D eigenvalue weighted by Gasteiger charge is -2.03. The van der Waals surface area contributed by atoms with E-state index in [1.807, 2.05) is 6.92 Å². The summed E-state index contributed by atoms with van der Waals surface area (Å²) in [6, 6.07) is 4.74. The smallest absolute Gasteiger partial charge is 0.335 e. The lowest BCUT2D eigenvalue weighted by molar-refractivity contribution is 0.0697. The summed E-state index contributed by atoms with van der Waals surface area (Å²) in [6.07, 6.45) is 0. The maximum Gasteiger partial charge on any atom is 0.335 e. The Balaban J connectivity index is 2.08. The first-order valence-corrected chi connectivity index (χ1v) is 7.15. The van der Waals surface area contributed by atoms with Gasteiger partial charge in [0, 0.05) is 10.8 Å². The Morgan fingerprint density at radius 1 is 1.56 bits per heavy atom. The van der Waals surface area contributed by atoms with Crippen molar-refractivity contribution in [3.8, 4) is 0 Å². The molecule has 1 N–H and O–H groups in total. The van der Waals surface area contributed by atoms with Gasteiger partial charge in [-0.05, 0) is 36.2 Å².